The molecule has 2 heterocycles. The summed E-state index contributed by atoms with van der Waals surface area (Å²) in [5, 5.41) is 9.51. The van der Waals surface area contributed by atoms with E-state index in [1.165, 1.54) is 24.7 Å². The molecule has 0 amide bonds. The van der Waals surface area contributed by atoms with Crippen LogP contribution in [0.15, 0.2) is 24.5 Å². The number of aromatic carboxylic acids is 1. The van der Waals surface area contributed by atoms with Crippen LogP contribution < -0.4 is 0 Å². The number of hydrogen-bond acceptors (Lipinski definition) is 5. The van der Waals surface area contributed by atoms with Crippen molar-refractivity contribution in [3.8, 4) is 11.3 Å². The lowest BCUT2D eigenvalue weighted by molar-refractivity contribution is -0.137. The quantitative estimate of drug-likeness (QED) is 0.513. The zero-order chi connectivity index (χ0) is 17.1. The van der Waals surface area contributed by atoms with Crippen LogP contribution in [0.1, 0.15) is 33.3 Å². The van der Waals surface area contributed by atoms with Crippen LogP contribution in [-0.4, -0.2) is 39.0 Å². The second-order valence-corrected chi connectivity index (χ2v) is 4.85. The number of nitrogens with zero attached hydrogens (tertiary/aromatic N) is 2. The Morgan fingerprint density at radius 3 is 2.57 bits per heavy atom. The lowest BCUT2D eigenvalue weighted by atomic mass is 10.1. The van der Waals surface area contributed by atoms with Crippen molar-refractivity contribution in [3.63, 3.8) is 0 Å². The molecule has 1 N–H and O–H groups in total. The van der Waals surface area contributed by atoms with Gasteiger partial charge in [0.2, 0.25) is 0 Å². The molecule has 0 aliphatic heterocycles. The van der Waals surface area contributed by atoms with E-state index in [0.717, 1.165) is 0 Å². The molecule has 0 saturated heterocycles. The van der Waals surface area contributed by atoms with Crippen molar-refractivity contribution >= 4 is 17.7 Å². The first-order valence-corrected chi connectivity index (χ1v) is 6.94. The van der Waals surface area contributed by atoms with Gasteiger partial charge < -0.3 is 14.4 Å². The highest BCUT2D eigenvalue weighted by molar-refractivity contribution is 6.41. The molecule has 0 atom stereocenters. The minimum absolute atomic E-state index is 0.000275. The Kier molecular flexibility index (Phi) is 4.59. The Morgan fingerprint density at radius 2 is 2.04 bits per heavy atom. The molecule has 23 heavy (non-hydrogen) atoms. The van der Waals surface area contributed by atoms with Gasteiger partial charge in [0, 0.05) is 25.0 Å². The summed E-state index contributed by atoms with van der Waals surface area (Å²) in [7, 11) is 1.54. The predicted octanol–water partition coefficient (Wildman–Crippen LogP) is 1.84. The van der Waals surface area contributed by atoms with E-state index in [-0.39, 0.29) is 23.4 Å². The molecule has 0 radical (unpaired) electrons. The van der Waals surface area contributed by atoms with E-state index in [1.54, 1.807) is 25.3 Å². The Balaban J connectivity index is 2.70. The maximum absolute atomic E-state index is 12.3. The Hall–Kier alpha value is -2.96. The topological polar surface area (TPSA) is 98.5 Å². The monoisotopic (exact) mass is 316 g/mol. The van der Waals surface area contributed by atoms with E-state index in [4.69, 9.17) is 4.74 Å². The standard InChI is InChI=1S/C16H16N2O5/c1-4-23-16(22)14(19)12-9(2)11(15(20)21)13(18(12)3)10-6-5-7-17-8-10/h5-8H,4H2,1-3H3,(H,20,21). The molecule has 0 aliphatic carbocycles. The largest absolute Gasteiger partial charge is 0.478 e. The van der Waals surface area contributed by atoms with Crippen molar-refractivity contribution in [2.45, 2.75) is 13.8 Å². The van der Waals surface area contributed by atoms with Crippen LogP contribution in [0.5, 0.6) is 0 Å². The number of aromatic nitrogens is 2. The van der Waals surface area contributed by atoms with E-state index < -0.39 is 17.7 Å². The summed E-state index contributed by atoms with van der Waals surface area (Å²) in [5.41, 5.74) is 1.04. The highest BCUT2D eigenvalue weighted by atomic mass is 16.5. The van der Waals surface area contributed by atoms with Crippen molar-refractivity contribution < 1.29 is 24.2 Å². The van der Waals surface area contributed by atoms with E-state index >= 15 is 0 Å². The summed E-state index contributed by atoms with van der Waals surface area (Å²) in [6, 6.07) is 3.35. The fraction of sp³-hybridized carbons (Fsp3) is 0.250. The molecular formula is C16H16N2O5. The van der Waals surface area contributed by atoms with Crippen LogP contribution in [0.25, 0.3) is 11.3 Å². The fourth-order valence-corrected chi connectivity index (χ4v) is 2.55. The van der Waals surface area contributed by atoms with Crippen LogP contribution in [-0.2, 0) is 16.6 Å². The number of Topliss-reactive ketones (excluding diaryl/α,β-unsaturated/α-hetero) is 1. The number of esters is 1. The molecular weight excluding hydrogens is 300 g/mol. The van der Waals surface area contributed by atoms with E-state index in [2.05, 4.69) is 4.98 Å². The second-order valence-electron chi connectivity index (χ2n) is 4.85. The lowest BCUT2D eigenvalue weighted by Gasteiger charge is -2.07. The summed E-state index contributed by atoms with van der Waals surface area (Å²) in [5.74, 6) is -3.06. The Morgan fingerprint density at radius 1 is 1.35 bits per heavy atom. The third-order valence-electron chi connectivity index (χ3n) is 3.46. The SMILES string of the molecule is CCOC(=O)C(=O)c1c(C)c(C(=O)O)c(-c2cccnc2)n1C. The molecule has 2 rings (SSSR count). The molecule has 2 aromatic heterocycles. The van der Waals surface area contributed by atoms with Crippen LogP contribution in [0.3, 0.4) is 0 Å². The smallest absolute Gasteiger partial charge is 0.381 e. The first-order valence-electron chi connectivity index (χ1n) is 6.94. The normalized spacial score (nSPS) is 10.4. The number of carbonyl (C=O) groups excluding carboxylic acids is 2. The predicted molar refractivity (Wildman–Crippen MR) is 81.3 cm³/mol. The minimum Gasteiger partial charge on any atom is -0.478 e. The molecule has 0 fully saturated rings. The van der Waals surface area contributed by atoms with Gasteiger partial charge in [0.25, 0.3) is 5.78 Å². The van der Waals surface area contributed by atoms with Gasteiger partial charge in [-0.15, -0.1) is 0 Å². The molecule has 0 bridgehead atoms. The van der Waals surface area contributed by atoms with Crippen LogP contribution >= 0.6 is 0 Å². The van der Waals surface area contributed by atoms with E-state index in [1.807, 2.05) is 0 Å². The average molecular weight is 316 g/mol. The third-order valence-corrected chi connectivity index (χ3v) is 3.46. The summed E-state index contributed by atoms with van der Waals surface area (Å²) >= 11 is 0. The van der Waals surface area contributed by atoms with Gasteiger partial charge >= 0.3 is 11.9 Å². The highest BCUT2D eigenvalue weighted by Crippen LogP contribution is 2.30. The van der Waals surface area contributed by atoms with Crippen LogP contribution in [0.2, 0.25) is 0 Å². The Bertz CT molecular complexity index is 778. The number of ether oxygens (including phenoxy) is 1. The van der Waals surface area contributed by atoms with Gasteiger partial charge in [0.15, 0.2) is 0 Å². The minimum atomic E-state index is -1.18. The molecule has 0 spiro atoms. The van der Waals surface area contributed by atoms with Crippen molar-refractivity contribution in [2.24, 2.45) is 7.05 Å². The van der Waals surface area contributed by atoms with Gasteiger partial charge in [-0.2, -0.15) is 0 Å². The molecule has 120 valence electrons. The van der Waals surface area contributed by atoms with Gasteiger partial charge in [-0.1, -0.05) is 0 Å². The molecule has 0 aromatic carbocycles. The van der Waals surface area contributed by atoms with E-state index in [0.29, 0.717) is 11.3 Å². The summed E-state index contributed by atoms with van der Waals surface area (Å²) in [6.07, 6.45) is 3.06. The van der Waals surface area contributed by atoms with Gasteiger partial charge in [-0.3, -0.25) is 9.78 Å². The lowest BCUT2D eigenvalue weighted by Crippen LogP contribution is -2.21. The number of hydrogen-bond donors (Lipinski definition) is 1. The molecule has 0 unspecified atom stereocenters. The van der Waals surface area contributed by atoms with Crippen LogP contribution in [0.4, 0.5) is 0 Å². The molecule has 2 aromatic rings. The van der Waals surface area contributed by atoms with Gasteiger partial charge in [-0.25, -0.2) is 9.59 Å². The van der Waals surface area contributed by atoms with Gasteiger partial charge in [0.1, 0.15) is 5.69 Å². The third kappa shape index (κ3) is 2.85. The fourth-order valence-electron chi connectivity index (χ4n) is 2.55. The van der Waals surface area contributed by atoms with Crippen molar-refractivity contribution in [2.75, 3.05) is 6.61 Å². The summed E-state index contributed by atoms with van der Waals surface area (Å²) in [6.45, 7) is 3.15. The number of carboxylic acid groups (broad SMARTS) is 1. The summed E-state index contributed by atoms with van der Waals surface area (Å²) in [4.78, 5) is 39.6. The highest BCUT2D eigenvalue weighted by Gasteiger charge is 2.31. The number of rotatable bonds is 5. The van der Waals surface area contributed by atoms with E-state index in [9.17, 15) is 19.5 Å². The van der Waals surface area contributed by atoms with Crippen molar-refractivity contribution in [1.82, 2.24) is 9.55 Å². The Labute approximate surface area is 132 Å². The molecule has 7 heteroatoms. The molecule has 0 saturated carbocycles. The number of carboxylic acids is 1. The average Bonchev–Trinajstić information content (AvgIpc) is 2.78. The first-order chi connectivity index (χ1) is 10.9. The number of pyridine rings is 1. The maximum atomic E-state index is 12.3. The second kappa shape index (κ2) is 6.43. The molecule has 7 nitrogen and oxygen atoms in total. The number of ketones is 1. The van der Waals surface area contributed by atoms with Crippen LogP contribution in [0, 0.1) is 6.92 Å². The van der Waals surface area contributed by atoms with Crippen molar-refractivity contribution in [1.29, 1.82) is 0 Å². The number of carbonyl (C=O) groups is 3. The maximum Gasteiger partial charge on any atom is 0.381 e. The zero-order valence-corrected chi connectivity index (χ0v) is 13.0. The van der Waals surface area contributed by atoms with Gasteiger partial charge in [-0.05, 0) is 31.5 Å². The van der Waals surface area contributed by atoms with Gasteiger partial charge in [0.05, 0.1) is 17.9 Å². The summed E-state index contributed by atoms with van der Waals surface area (Å²) < 4.78 is 6.12. The first kappa shape index (κ1) is 16.4. The van der Waals surface area contributed by atoms with Crippen molar-refractivity contribution in [3.05, 3.63) is 41.3 Å². The molecule has 0 aliphatic rings. The zero-order valence-electron chi connectivity index (χ0n) is 13.0.